The molecule has 0 saturated carbocycles. The van der Waals surface area contributed by atoms with Crippen molar-refractivity contribution < 1.29 is 14.6 Å². The summed E-state index contributed by atoms with van der Waals surface area (Å²) in [4.78, 5) is 23.4. The number of hydrogen-bond donors (Lipinski definition) is 1. The first-order valence-electron chi connectivity index (χ1n) is 5.22. The molecule has 0 radical (unpaired) electrons. The summed E-state index contributed by atoms with van der Waals surface area (Å²) >= 11 is 8.00. The maximum absolute atomic E-state index is 11.8. The smallest absolute Gasteiger partial charge is 0.297 e. The zero-order chi connectivity index (χ0) is 11.5. The van der Waals surface area contributed by atoms with Crippen molar-refractivity contribution in [1.29, 1.82) is 0 Å². The van der Waals surface area contributed by atoms with Gasteiger partial charge in [-0.2, -0.15) is 17.5 Å². The molecule has 2 fully saturated rings. The molecule has 3 atom stereocenters. The highest BCUT2D eigenvalue weighted by Crippen LogP contribution is 2.42. The summed E-state index contributed by atoms with van der Waals surface area (Å²) in [5, 5.41) is 0.754. The van der Waals surface area contributed by atoms with Crippen LogP contribution in [0, 0.1) is 0 Å². The lowest BCUT2D eigenvalue weighted by Gasteiger charge is -2.25. The van der Waals surface area contributed by atoms with Crippen molar-refractivity contribution >= 4 is 42.1 Å². The van der Waals surface area contributed by atoms with Crippen LogP contribution in [0.15, 0.2) is 0 Å². The highest BCUT2D eigenvalue weighted by Gasteiger charge is 2.47. The fourth-order valence-electron chi connectivity index (χ4n) is 1.88. The van der Waals surface area contributed by atoms with E-state index in [4.69, 9.17) is 9.78 Å². The van der Waals surface area contributed by atoms with Crippen molar-refractivity contribution in [3.63, 3.8) is 0 Å². The van der Waals surface area contributed by atoms with Crippen molar-refractivity contribution in [2.75, 3.05) is 23.9 Å². The van der Waals surface area contributed by atoms with Crippen LogP contribution in [0.3, 0.4) is 0 Å². The fraction of sp³-hybridized carbons (Fsp3) is 0.889. The molecule has 0 bridgehead atoms. The Hall–Kier alpha value is 0.440. The second kappa shape index (κ2) is 5.86. The van der Waals surface area contributed by atoms with Gasteiger partial charge in [0.15, 0.2) is 0 Å². The molecule has 0 N–H and O–H groups in total. The normalized spacial score (nSPS) is 34.0. The lowest BCUT2D eigenvalue weighted by molar-refractivity contribution is -0.273. The number of nitrogens with zero attached hydrogens (tertiary/aromatic N) is 1. The van der Waals surface area contributed by atoms with Crippen molar-refractivity contribution in [1.82, 2.24) is 4.90 Å². The van der Waals surface area contributed by atoms with Crippen LogP contribution in [0.2, 0.25) is 0 Å². The monoisotopic (exact) mass is 281 g/mol. The molecule has 2 heterocycles. The maximum Gasteiger partial charge on any atom is 0.360 e. The van der Waals surface area contributed by atoms with E-state index < -0.39 is 0 Å². The van der Waals surface area contributed by atoms with Crippen LogP contribution < -0.4 is 0 Å². The maximum atomic E-state index is 11.8. The summed E-state index contributed by atoms with van der Waals surface area (Å²) in [5.41, 5.74) is 0. The Bertz CT molecular complexity index is 266. The van der Waals surface area contributed by atoms with Crippen molar-refractivity contribution in [2.24, 2.45) is 0 Å². The molecule has 16 heavy (non-hydrogen) atoms. The van der Waals surface area contributed by atoms with Gasteiger partial charge in [-0.3, -0.25) is 9.79 Å². The number of thioether (sulfide) groups is 2. The van der Waals surface area contributed by atoms with Gasteiger partial charge in [0.1, 0.15) is 6.04 Å². The van der Waals surface area contributed by atoms with E-state index in [1.807, 2.05) is 23.5 Å². The van der Waals surface area contributed by atoms with Gasteiger partial charge in [-0.25, -0.2) is 4.79 Å². The lowest BCUT2D eigenvalue weighted by atomic mass is 10.3. The SMILES string of the molecule is CCOOC(=O)[C@@H]1CS[C@@H]2CS[C@H](CS)N21. The van der Waals surface area contributed by atoms with Crippen LogP contribution in [0.1, 0.15) is 6.92 Å². The van der Waals surface area contributed by atoms with Gasteiger partial charge in [0.2, 0.25) is 0 Å². The van der Waals surface area contributed by atoms with Crippen LogP contribution in [0.5, 0.6) is 0 Å². The number of thiol groups is 1. The minimum absolute atomic E-state index is 0.173. The van der Waals surface area contributed by atoms with E-state index in [9.17, 15) is 4.79 Å². The van der Waals surface area contributed by atoms with Gasteiger partial charge in [0, 0.05) is 17.3 Å². The fourth-order valence-corrected chi connectivity index (χ4v) is 5.40. The Morgan fingerprint density at radius 2 is 2.31 bits per heavy atom. The van der Waals surface area contributed by atoms with E-state index >= 15 is 0 Å². The number of fused-ring (bicyclic) bond motifs is 1. The first kappa shape index (κ1) is 12.9. The standard InChI is InChI=1S/C9H15NO3S3/c1-2-12-13-9(11)6-4-15-8-5-16-7(3-14)10(6)8/h6-8,14H,2-5H2,1H3/t6-,7+,8+/m0/s1. The second-order valence-electron chi connectivity index (χ2n) is 3.53. The number of rotatable bonds is 4. The van der Waals surface area contributed by atoms with Crippen molar-refractivity contribution in [2.45, 2.75) is 23.7 Å². The molecule has 0 unspecified atom stereocenters. The van der Waals surface area contributed by atoms with Crippen LogP contribution >= 0.6 is 36.2 Å². The van der Waals surface area contributed by atoms with Gasteiger partial charge in [-0.05, 0) is 6.92 Å². The zero-order valence-corrected chi connectivity index (χ0v) is 11.5. The summed E-state index contributed by atoms with van der Waals surface area (Å²) in [5.74, 6) is 2.35. The summed E-state index contributed by atoms with van der Waals surface area (Å²) < 4.78 is 0. The number of carbonyl (C=O) groups is 1. The van der Waals surface area contributed by atoms with Crippen LogP contribution in [0.25, 0.3) is 0 Å². The molecule has 0 spiro atoms. The average molecular weight is 281 g/mol. The predicted octanol–water partition coefficient (Wildman–Crippen LogP) is 1.23. The largest absolute Gasteiger partial charge is 0.360 e. The van der Waals surface area contributed by atoms with Crippen LogP contribution in [-0.4, -0.2) is 51.5 Å². The molecular weight excluding hydrogens is 266 g/mol. The Kier molecular flexibility index (Phi) is 4.72. The molecule has 0 aliphatic carbocycles. The minimum Gasteiger partial charge on any atom is -0.297 e. The highest BCUT2D eigenvalue weighted by molar-refractivity contribution is 8.05. The quantitative estimate of drug-likeness (QED) is 0.475. The molecule has 0 aromatic carbocycles. The molecular formula is C9H15NO3S3. The molecule has 2 rings (SSSR count). The van der Waals surface area contributed by atoms with Gasteiger partial charge in [-0.15, -0.1) is 23.5 Å². The van der Waals surface area contributed by atoms with E-state index in [1.165, 1.54) is 0 Å². The van der Waals surface area contributed by atoms with E-state index in [1.54, 1.807) is 6.92 Å². The van der Waals surface area contributed by atoms with Crippen LogP contribution in [0.4, 0.5) is 0 Å². The van der Waals surface area contributed by atoms with Crippen molar-refractivity contribution in [3.05, 3.63) is 0 Å². The first-order valence-corrected chi connectivity index (χ1v) is 7.95. The minimum atomic E-state index is -0.272. The number of carbonyl (C=O) groups excluding carboxylic acids is 1. The van der Waals surface area contributed by atoms with Crippen molar-refractivity contribution in [3.8, 4) is 0 Å². The third-order valence-electron chi connectivity index (χ3n) is 2.59. The lowest BCUT2D eigenvalue weighted by Crippen LogP contribution is -2.44. The molecule has 0 aromatic heterocycles. The molecule has 0 aromatic rings. The topological polar surface area (TPSA) is 38.8 Å². The molecule has 2 aliphatic rings. The molecule has 2 saturated heterocycles. The van der Waals surface area contributed by atoms with Gasteiger partial charge in [0.25, 0.3) is 0 Å². The molecule has 2 aliphatic heterocycles. The third kappa shape index (κ3) is 2.48. The number of hydrogen-bond acceptors (Lipinski definition) is 7. The molecule has 7 heteroatoms. The molecule has 4 nitrogen and oxygen atoms in total. The Balaban J connectivity index is 1.97. The summed E-state index contributed by atoms with van der Waals surface area (Å²) in [7, 11) is 0. The van der Waals surface area contributed by atoms with Crippen LogP contribution in [-0.2, 0) is 14.6 Å². The summed E-state index contributed by atoms with van der Waals surface area (Å²) in [6.07, 6.45) is 0. The first-order chi connectivity index (χ1) is 7.77. The summed E-state index contributed by atoms with van der Waals surface area (Å²) in [6.45, 7) is 2.18. The van der Waals surface area contributed by atoms with E-state index in [-0.39, 0.29) is 12.0 Å². The van der Waals surface area contributed by atoms with Gasteiger partial charge in [0.05, 0.1) is 17.4 Å². The second-order valence-corrected chi connectivity index (χ2v) is 6.32. The van der Waals surface area contributed by atoms with Gasteiger partial charge < -0.3 is 0 Å². The predicted molar refractivity (Wildman–Crippen MR) is 69.7 cm³/mol. The van der Waals surface area contributed by atoms with E-state index in [0.29, 0.717) is 17.4 Å². The van der Waals surface area contributed by atoms with Gasteiger partial charge in [-0.1, -0.05) is 0 Å². The van der Waals surface area contributed by atoms with Gasteiger partial charge >= 0.3 is 5.97 Å². The Labute approximate surface area is 109 Å². The summed E-state index contributed by atoms with van der Waals surface area (Å²) in [6, 6.07) is -0.173. The Morgan fingerprint density at radius 1 is 1.50 bits per heavy atom. The molecule has 0 amide bonds. The average Bonchev–Trinajstić information content (AvgIpc) is 2.86. The van der Waals surface area contributed by atoms with E-state index in [0.717, 1.165) is 17.3 Å². The Morgan fingerprint density at radius 3 is 3.00 bits per heavy atom. The third-order valence-corrected chi connectivity index (χ3v) is 6.00. The highest BCUT2D eigenvalue weighted by atomic mass is 32.2. The molecule has 92 valence electrons. The zero-order valence-electron chi connectivity index (χ0n) is 9.00. The van der Waals surface area contributed by atoms with E-state index in [2.05, 4.69) is 17.5 Å².